The van der Waals surface area contributed by atoms with Crippen molar-refractivity contribution in [2.75, 3.05) is 13.2 Å². The Kier molecular flexibility index (Phi) is 4.02. The lowest BCUT2D eigenvalue weighted by Gasteiger charge is -2.28. The Labute approximate surface area is 106 Å². The number of nitrogens with two attached hydrogens (primary N) is 1. The van der Waals surface area contributed by atoms with Gasteiger partial charge in [-0.2, -0.15) is 0 Å². The van der Waals surface area contributed by atoms with E-state index < -0.39 is 0 Å². The number of hydrogen-bond donors (Lipinski definition) is 1. The number of benzene rings is 1. The molecule has 1 heterocycles. The second-order valence-electron chi connectivity index (χ2n) is 4.63. The van der Waals surface area contributed by atoms with Gasteiger partial charge >= 0.3 is 0 Å². The quantitative estimate of drug-likeness (QED) is 0.883. The minimum Gasteiger partial charge on any atom is -0.381 e. The van der Waals surface area contributed by atoms with Crippen molar-refractivity contribution in [3.05, 3.63) is 34.1 Å². The molecule has 1 fully saturated rings. The Morgan fingerprint density at radius 3 is 2.94 bits per heavy atom. The van der Waals surface area contributed by atoms with Gasteiger partial charge in [-0.05, 0) is 37.0 Å². The maximum Gasteiger partial charge on any atom is 0.127 e. The first-order valence-corrected chi connectivity index (χ1v) is 6.26. The molecule has 2 atom stereocenters. The third-order valence-corrected chi connectivity index (χ3v) is 3.67. The van der Waals surface area contributed by atoms with E-state index in [1.807, 2.05) is 0 Å². The fourth-order valence-electron chi connectivity index (χ4n) is 2.24. The Hall–Kier alpha value is -0.640. The zero-order chi connectivity index (χ0) is 12.4. The van der Waals surface area contributed by atoms with E-state index in [0.717, 1.165) is 25.0 Å². The highest BCUT2D eigenvalue weighted by Gasteiger charge is 2.24. The van der Waals surface area contributed by atoms with Crippen LogP contribution in [-0.4, -0.2) is 13.2 Å². The Morgan fingerprint density at radius 2 is 2.29 bits per heavy atom. The molecule has 0 radical (unpaired) electrons. The topological polar surface area (TPSA) is 35.2 Å². The lowest BCUT2D eigenvalue weighted by molar-refractivity contribution is 0.0448. The van der Waals surface area contributed by atoms with Crippen LogP contribution in [0.2, 0.25) is 5.02 Å². The van der Waals surface area contributed by atoms with Gasteiger partial charge in [0.05, 0.1) is 6.61 Å². The van der Waals surface area contributed by atoms with Crippen molar-refractivity contribution < 1.29 is 9.13 Å². The molecule has 94 valence electrons. The SMILES string of the molecule is Cc1cc(C(N)C2CCCOC2)c(Cl)cc1F. The normalized spacial score (nSPS) is 22.5. The molecular weight excluding hydrogens is 241 g/mol. The summed E-state index contributed by atoms with van der Waals surface area (Å²) in [5.74, 6) is -0.0167. The van der Waals surface area contributed by atoms with Gasteiger partial charge in [-0.15, -0.1) is 0 Å². The van der Waals surface area contributed by atoms with Crippen LogP contribution in [0.25, 0.3) is 0 Å². The molecule has 1 aromatic carbocycles. The van der Waals surface area contributed by atoms with Crippen molar-refractivity contribution in [1.82, 2.24) is 0 Å². The molecule has 1 aliphatic heterocycles. The van der Waals surface area contributed by atoms with E-state index >= 15 is 0 Å². The zero-order valence-corrected chi connectivity index (χ0v) is 10.6. The van der Waals surface area contributed by atoms with Gasteiger partial charge in [0.1, 0.15) is 5.82 Å². The summed E-state index contributed by atoms with van der Waals surface area (Å²) in [5.41, 5.74) is 7.60. The van der Waals surface area contributed by atoms with E-state index in [2.05, 4.69) is 0 Å². The highest BCUT2D eigenvalue weighted by Crippen LogP contribution is 2.32. The van der Waals surface area contributed by atoms with Gasteiger partial charge in [0.15, 0.2) is 0 Å². The number of aryl methyl sites for hydroxylation is 1. The monoisotopic (exact) mass is 257 g/mol. The Balaban J connectivity index is 2.23. The van der Waals surface area contributed by atoms with Crippen LogP contribution in [0.1, 0.15) is 30.0 Å². The Bertz CT molecular complexity index is 405. The van der Waals surface area contributed by atoms with Crippen molar-refractivity contribution in [3.8, 4) is 0 Å². The van der Waals surface area contributed by atoms with Gasteiger partial charge in [-0.3, -0.25) is 0 Å². The Morgan fingerprint density at radius 1 is 1.53 bits per heavy atom. The number of hydrogen-bond acceptors (Lipinski definition) is 2. The highest BCUT2D eigenvalue weighted by atomic mass is 35.5. The largest absolute Gasteiger partial charge is 0.381 e. The van der Waals surface area contributed by atoms with Crippen LogP contribution in [-0.2, 0) is 4.74 Å². The maximum atomic E-state index is 13.3. The van der Waals surface area contributed by atoms with E-state index in [-0.39, 0.29) is 17.8 Å². The summed E-state index contributed by atoms with van der Waals surface area (Å²) in [6.45, 7) is 3.19. The number of halogens is 2. The molecule has 0 amide bonds. The first kappa shape index (κ1) is 12.8. The van der Waals surface area contributed by atoms with Gasteiger partial charge < -0.3 is 10.5 Å². The van der Waals surface area contributed by atoms with E-state index in [4.69, 9.17) is 22.1 Å². The van der Waals surface area contributed by atoms with Crippen LogP contribution >= 0.6 is 11.6 Å². The van der Waals surface area contributed by atoms with Gasteiger partial charge in [-0.25, -0.2) is 4.39 Å². The minimum atomic E-state index is -0.286. The fourth-order valence-corrected chi connectivity index (χ4v) is 2.51. The lowest BCUT2D eigenvalue weighted by atomic mass is 9.89. The molecule has 0 aromatic heterocycles. The van der Waals surface area contributed by atoms with Crippen molar-refractivity contribution in [2.24, 2.45) is 11.7 Å². The standard InChI is InChI=1S/C13H17ClFNO/c1-8-5-10(11(14)6-12(8)15)13(16)9-3-2-4-17-7-9/h5-6,9,13H,2-4,7,16H2,1H3. The van der Waals surface area contributed by atoms with Gasteiger partial charge in [0, 0.05) is 23.6 Å². The van der Waals surface area contributed by atoms with E-state index in [1.165, 1.54) is 6.07 Å². The molecule has 1 saturated heterocycles. The summed E-state index contributed by atoms with van der Waals surface area (Å²) in [4.78, 5) is 0. The summed E-state index contributed by atoms with van der Waals surface area (Å²) < 4.78 is 18.7. The number of ether oxygens (including phenoxy) is 1. The van der Waals surface area contributed by atoms with Crippen molar-refractivity contribution in [1.29, 1.82) is 0 Å². The first-order chi connectivity index (χ1) is 8.09. The van der Waals surface area contributed by atoms with Crippen molar-refractivity contribution in [2.45, 2.75) is 25.8 Å². The van der Waals surface area contributed by atoms with Crippen LogP contribution in [0.4, 0.5) is 4.39 Å². The molecule has 1 aromatic rings. The average molecular weight is 258 g/mol. The van der Waals surface area contributed by atoms with E-state index in [0.29, 0.717) is 17.2 Å². The van der Waals surface area contributed by atoms with Crippen LogP contribution in [0.5, 0.6) is 0 Å². The molecule has 0 saturated carbocycles. The molecule has 2 rings (SSSR count). The molecule has 0 aliphatic carbocycles. The predicted molar refractivity (Wildman–Crippen MR) is 66.6 cm³/mol. The molecular formula is C13H17ClFNO. The maximum absolute atomic E-state index is 13.3. The second kappa shape index (κ2) is 5.34. The molecule has 0 spiro atoms. The van der Waals surface area contributed by atoms with Crippen molar-refractivity contribution in [3.63, 3.8) is 0 Å². The molecule has 2 nitrogen and oxygen atoms in total. The molecule has 17 heavy (non-hydrogen) atoms. The smallest absolute Gasteiger partial charge is 0.127 e. The van der Waals surface area contributed by atoms with E-state index in [9.17, 15) is 4.39 Å². The summed E-state index contributed by atoms with van der Waals surface area (Å²) in [6.07, 6.45) is 2.06. The molecule has 1 aliphatic rings. The second-order valence-corrected chi connectivity index (χ2v) is 5.03. The predicted octanol–water partition coefficient (Wildman–Crippen LogP) is 3.21. The fraction of sp³-hybridized carbons (Fsp3) is 0.538. The van der Waals surface area contributed by atoms with Crippen LogP contribution in [0.15, 0.2) is 12.1 Å². The lowest BCUT2D eigenvalue weighted by Crippen LogP contribution is -2.29. The molecule has 2 unspecified atom stereocenters. The summed E-state index contributed by atoms with van der Waals surface area (Å²) in [5, 5.41) is 0.408. The van der Waals surface area contributed by atoms with E-state index in [1.54, 1.807) is 13.0 Å². The van der Waals surface area contributed by atoms with Crippen LogP contribution in [0.3, 0.4) is 0 Å². The zero-order valence-electron chi connectivity index (χ0n) is 9.88. The summed E-state index contributed by atoms with van der Waals surface area (Å²) >= 11 is 6.05. The van der Waals surface area contributed by atoms with Crippen LogP contribution in [0, 0.1) is 18.7 Å². The van der Waals surface area contributed by atoms with Gasteiger partial charge in [-0.1, -0.05) is 17.7 Å². The highest BCUT2D eigenvalue weighted by molar-refractivity contribution is 6.31. The molecule has 4 heteroatoms. The third kappa shape index (κ3) is 2.79. The minimum absolute atomic E-state index is 0.179. The number of rotatable bonds is 2. The summed E-state index contributed by atoms with van der Waals surface area (Å²) in [7, 11) is 0. The molecule has 0 bridgehead atoms. The van der Waals surface area contributed by atoms with Crippen LogP contribution < -0.4 is 5.73 Å². The van der Waals surface area contributed by atoms with Gasteiger partial charge in [0.2, 0.25) is 0 Å². The average Bonchev–Trinajstić information content (AvgIpc) is 2.34. The summed E-state index contributed by atoms with van der Waals surface area (Å²) in [6, 6.07) is 2.91. The van der Waals surface area contributed by atoms with Gasteiger partial charge in [0.25, 0.3) is 0 Å². The third-order valence-electron chi connectivity index (χ3n) is 3.34. The van der Waals surface area contributed by atoms with Crippen molar-refractivity contribution >= 4 is 11.6 Å². The first-order valence-electron chi connectivity index (χ1n) is 5.88. The molecule has 2 N–H and O–H groups in total.